The molecule has 1 heterocycles. The number of nitrogens with one attached hydrogen (secondary N) is 1. The van der Waals surface area contributed by atoms with Gasteiger partial charge in [0.1, 0.15) is 5.82 Å². The molecule has 0 aliphatic carbocycles. The van der Waals surface area contributed by atoms with Gasteiger partial charge in [0.25, 0.3) is 0 Å². The quantitative estimate of drug-likeness (QED) is 0.942. The van der Waals surface area contributed by atoms with E-state index in [1.54, 1.807) is 12.1 Å². The summed E-state index contributed by atoms with van der Waals surface area (Å²) in [5.41, 5.74) is 1.17. The second-order valence-electron chi connectivity index (χ2n) is 3.19. The van der Waals surface area contributed by atoms with E-state index >= 15 is 0 Å². The van der Waals surface area contributed by atoms with E-state index in [0.29, 0.717) is 17.5 Å². The van der Waals surface area contributed by atoms with Crippen molar-refractivity contribution in [1.29, 1.82) is 0 Å². The zero-order valence-corrected chi connectivity index (χ0v) is 10.7. The maximum Gasteiger partial charge on any atom is 0.151 e. The normalized spacial score (nSPS) is 10.1. The largest absolute Gasteiger partial charge is 0.364 e. The van der Waals surface area contributed by atoms with Crippen LogP contribution in [0.2, 0.25) is 5.15 Å². The fourth-order valence-electron chi connectivity index (χ4n) is 1.24. The predicted octanol–water partition coefficient (Wildman–Crippen LogP) is 3.50. The first-order valence-corrected chi connectivity index (χ1v) is 5.89. The van der Waals surface area contributed by atoms with Gasteiger partial charge in [0.2, 0.25) is 0 Å². The Kier molecular flexibility index (Phi) is 3.74. The van der Waals surface area contributed by atoms with E-state index in [-0.39, 0.29) is 0 Å². The minimum atomic E-state index is 0.395. The smallest absolute Gasteiger partial charge is 0.151 e. The number of halogens is 2. The lowest BCUT2D eigenvalue weighted by Gasteiger charge is -2.06. The van der Waals surface area contributed by atoms with Crippen LogP contribution in [-0.4, -0.2) is 10.2 Å². The molecule has 0 aliphatic heterocycles. The van der Waals surface area contributed by atoms with Crippen LogP contribution in [-0.2, 0) is 6.54 Å². The van der Waals surface area contributed by atoms with E-state index in [1.165, 1.54) is 5.56 Å². The third kappa shape index (κ3) is 2.93. The maximum atomic E-state index is 5.65. The van der Waals surface area contributed by atoms with Crippen LogP contribution in [0.4, 0.5) is 5.82 Å². The summed E-state index contributed by atoms with van der Waals surface area (Å²) in [5, 5.41) is 11.2. The van der Waals surface area contributed by atoms with Crippen LogP contribution in [0.1, 0.15) is 5.56 Å². The molecule has 2 rings (SSSR count). The summed E-state index contributed by atoms with van der Waals surface area (Å²) in [6.07, 6.45) is 0. The average molecular weight is 299 g/mol. The molecule has 1 aromatic carbocycles. The van der Waals surface area contributed by atoms with Gasteiger partial charge in [0.15, 0.2) is 5.15 Å². The summed E-state index contributed by atoms with van der Waals surface area (Å²) < 4.78 is 1.07. The number of anilines is 1. The van der Waals surface area contributed by atoms with E-state index in [9.17, 15) is 0 Å². The minimum Gasteiger partial charge on any atom is -0.364 e. The molecule has 0 saturated heterocycles. The van der Waals surface area contributed by atoms with Gasteiger partial charge in [-0.05, 0) is 23.8 Å². The molecule has 0 spiro atoms. The maximum absolute atomic E-state index is 5.65. The molecule has 3 nitrogen and oxygen atoms in total. The van der Waals surface area contributed by atoms with Gasteiger partial charge in [0.05, 0.1) is 0 Å². The van der Waals surface area contributed by atoms with Crippen LogP contribution in [0, 0.1) is 0 Å². The van der Waals surface area contributed by atoms with Gasteiger partial charge in [0, 0.05) is 11.0 Å². The van der Waals surface area contributed by atoms with Crippen molar-refractivity contribution in [2.45, 2.75) is 6.54 Å². The molecule has 5 heteroatoms. The van der Waals surface area contributed by atoms with Crippen molar-refractivity contribution >= 4 is 33.3 Å². The Morgan fingerprint density at radius 3 is 2.62 bits per heavy atom. The number of benzene rings is 1. The van der Waals surface area contributed by atoms with Crippen molar-refractivity contribution < 1.29 is 0 Å². The first-order valence-electron chi connectivity index (χ1n) is 4.72. The number of aromatic nitrogens is 2. The first-order chi connectivity index (χ1) is 7.75. The van der Waals surface area contributed by atoms with Gasteiger partial charge < -0.3 is 5.32 Å². The Labute approximate surface area is 107 Å². The van der Waals surface area contributed by atoms with Crippen molar-refractivity contribution in [3.8, 4) is 0 Å². The van der Waals surface area contributed by atoms with Crippen molar-refractivity contribution in [2.75, 3.05) is 5.32 Å². The fraction of sp³-hybridized carbons (Fsp3) is 0.0909. The Morgan fingerprint density at radius 1 is 1.12 bits per heavy atom. The summed E-state index contributed by atoms with van der Waals surface area (Å²) in [5.74, 6) is 0.708. The molecule has 0 bridgehead atoms. The van der Waals surface area contributed by atoms with Gasteiger partial charge in [-0.2, -0.15) is 0 Å². The van der Waals surface area contributed by atoms with Crippen LogP contribution >= 0.6 is 27.5 Å². The van der Waals surface area contributed by atoms with Gasteiger partial charge in [-0.25, -0.2) is 0 Å². The van der Waals surface area contributed by atoms with Crippen LogP contribution < -0.4 is 5.32 Å². The summed E-state index contributed by atoms with van der Waals surface area (Å²) in [6.45, 7) is 0.692. The molecule has 1 N–H and O–H groups in total. The standard InChI is InChI=1S/C11H9BrClN3/c12-9-4-2-1-3-8(9)7-14-11-6-5-10(13)15-16-11/h1-6H,7H2,(H,14,16). The van der Waals surface area contributed by atoms with Gasteiger partial charge in [-0.15, -0.1) is 10.2 Å². The highest BCUT2D eigenvalue weighted by atomic mass is 79.9. The van der Waals surface area contributed by atoms with Gasteiger partial charge >= 0.3 is 0 Å². The highest BCUT2D eigenvalue weighted by molar-refractivity contribution is 9.10. The van der Waals surface area contributed by atoms with E-state index in [2.05, 4.69) is 31.4 Å². The van der Waals surface area contributed by atoms with Crippen molar-refractivity contribution in [1.82, 2.24) is 10.2 Å². The molecule has 16 heavy (non-hydrogen) atoms. The second-order valence-corrected chi connectivity index (χ2v) is 4.43. The lowest BCUT2D eigenvalue weighted by Crippen LogP contribution is -2.02. The molecule has 82 valence electrons. The molecule has 0 amide bonds. The number of hydrogen-bond donors (Lipinski definition) is 1. The van der Waals surface area contributed by atoms with Crippen LogP contribution in [0.5, 0.6) is 0 Å². The topological polar surface area (TPSA) is 37.8 Å². The van der Waals surface area contributed by atoms with Crippen molar-refractivity contribution in [3.63, 3.8) is 0 Å². The SMILES string of the molecule is Clc1ccc(NCc2ccccc2Br)nn1. The molecule has 2 aromatic rings. The van der Waals surface area contributed by atoms with E-state index in [1.807, 2.05) is 24.3 Å². The first kappa shape index (κ1) is 11.4. The summed E-state index contributed by atoms with van der Waals surface area (Å²) in [4.78, 5) is 0. The number of nitrogens with zero attached hydrogens (tertiary/aromatic N) is 2. The Bertz CT molecular complexity index is 473. The molecule has 0 radical (unpaired) electrons. The van der Waals surface area contributed by atoms with Gasteiger partial charge in [-0.1, -0.05) is 45.7 Å². The molecule has 1 aromatic heterocycles. The van der Waals surface area contributed by atoms with E-state index in [0.717, 1.165) is 4.47 Å². The van der Waals surface area contributed by atoms with Crippen LogP contribution in [0.3, 0.4) is 0 Å². The molecular formula is C11H9BrClN3. The molecule has 0 aliphatic rings. The molecule has 0 fully saturated rings. The second kappa shape index (κ2) is 5.27. The molecule has 0 saturated carbocycles. The molecule has 0 unspecified atom stereocenters. The summed E-state index contributed by atoms with van der Waals surface area (Å²) in [6, 6.07) is 11.5. The third-order valence-corrected chi connectivity index (χ3v) is 3.02. The van der Waals surface area contributed by atoms with Crippen molar-refractivity contribution in [2.24, 2.45) is 0 Å². The highest BCUT2D eigenvalue weighted by Crippen LogP contribution is 2.17. The molecule has 0 atom stereocenters. The predicted molar refractivity (Wildman–Crippen MR) is 68.5 cm³/mol. The zero-order valence-electron chi connectivity index (χ0n) is 8.32. The lowest BCUT2D eigenvalue weighted by molar-refractivity contribution is 0.999. The minimum absolute atomic E-state index is 0.395. The third-order valence-electron chi connectivity index (χ3n) is 2.05. The monoisotopic (exact) mass is 297 g/mol. The lowest BCUT2D eigenvalue weighted by atomic mass is 10.2. The Hall–Kier alpha value is -1.13. The number of rotatable bonds is 3. The Balaban J connectivity index is 2.02. The molecular weight excluding hydrogens is 289 g/mol. The fourth-order valence-corrected chi connectivity index (χ4v) is 1.76. The summed E-state index contributed by atoms with van der Waals surface area (Å²) in [7, 11) is 0. The Morgan fingerprint density at radius 2 is 1.94 bits per heavy atom. The van der Waals surface area contributed by atoms with Crippen molar-refractivity contribution in [3.05, 3.63) is 51.6 Å². The zero-order chi connectivity index (χ0) is 11.4. The highest BCUT2D eigenvalue weighted by Gasteiger charge is 1.99. The van der Waals surface area contributed by atoms with Crippen LogP contribution in [0.15, 0.2) is 40.9 Å². The van der Waals surface area contributed by atoms with Gasteiger partial charge in [-0.3, -0.25) is 0 Å². The summed E-state index contributed by atoms with van der Waals surface area (Å²) >= 11 is 9.13. The van der Waals surface area contributed by atoms with E-state index < -0.39 is 0 Å². The van der Waals surface area contributed by atoms with E-state index in [4.69, 9.17) is 11.6 Å². The van der Waals surface area contributed by atoms with Crippen LogP contribution in [0.25, 0.3) is 0 Å². The average Bonchev–Trinajstić information content (AvgIpc) is 2.30. The number of hydrogen-bond acceptors (Lipinski definition) is 3.